The lowest BCUT2D eigenvalue weighted by Crippen LogP contribution is -2.44. The number of benzene rings is 1. The van der Waals surface area contributed by atoms with Crippen molar-refractivity contribution in [2.45, 2.75) is 32.4 Å². The molecule has 0 spiro atoms. The second kappa shape index (κ2) is 6.64. The highest BCUT2D eigenvalue weighted by atomic mass is 16.2. The predicted octanol–water partition coefficient (Wildman–Crippen LogP) is 1.82. The Morgan fingerprint density at radius 2 is 2.09 bits per heavy atom. The minimum atomic E-state index is -0.403. The van der Waals surface area contributed by atoms with Gasteiger partial charge in [0.1, 0.15) is 12.6 Å². The van der Waals surface area contributed by atoms with Gasteiger partial charge in [-0.05, 0) is 37.5 Å². The molecule has 0 bridgehead atoms. The summed E-state index contributed by atoms with van der Waals surface area (Å²) in [6.45, 7) is 2.72. The number of hydrogen-bond donors (Lipinski definition) is 1. The Labute approximate surface area is 135 Å². The van der Waals surface area contributed by atoms with Crippen LogP contribution >= 0.6 is 0 Å². The fourth-order valence-corrected chi connectivity index (χ4v) is 2.87. The molecule has 3 rings (SSSR count). The van der Waals surface area contributed by atoms with Gasteiger partial charge in [0.05, 0.1) is 6.20 Å². The van der Waals surface area contributed by atoms with Crippen LogP contribution in [0, 0.1) is 6.92 Å². The molecule has 23 heavy (non-hydrogen) atoms. The number of carbonyl (C=O) groups excluding carboxylic acids is 2. The fraction of sp³-hybridized carbons (Fsp3) is 0.353. The van der Waals surface area contributed by atoms with Crippen molar-refractivity contribution >= 4 is 17.5 Å². The van der Waals surface area contributed by atoms with E-state index in [2.05, 4.69) is 10.4 Å². The molecule has 1 aliphatic heterocycles. The molecule has 0 saturated carbocycles. The number of nitrogens with one attached hydrogen (secondary N) is 1. The number of nitrogens with zero attached hydrogens (tertiary/aromatic N) is 3. The Kier molecular flexibility index (Phi) is 4.41. The van der Waals surface area contributed by atoms with E-state index in [0.29, 0.717) is 13.0 Å². The third kappa shape index (κ3) is 3.59. The third-order valence-corrected chi connectivity index (χ3v) is 3.98. The molecule has 2 amide bonds. The molecular formula is C17H20N4O2. The van der Waals surface area contributed by atoms with Crippen molar-refractivity contribution in [1.82, 2.24) is 14.7 Å². The van der Waals surface area contributed by atoms with Gasteiger partial charge in [-0.25, -0.2) is 0 Å². The molecule has 1 saturated heterocycles. The summed E-state index contributed by atoms with van der Waals surface area (Å²) < 4.78 is 1.61. The quantitative estimate of drug-likeness (QED) is 0.936. The number of aromatic nitrogens is 2. The maximum Gasteiger partial charge on any atom is 0.247 e. The van der Waals surface area contributed by atoms with E-state index in [-0.39, 0.29) is 18.4 Å². The largest absolute Gasteiger partial charge is 0.329 e. The number of rotatable bonds is 4. The third-order valence-electron chi connectivity index (χ3n) is 3.98. The van der Waals surface area contributed by atoms with E-state index < -0.39 is 6.04 Å². The normalized spacial score (nSPS) is 17.3. The highest BCUT2D eigenvalue weighted by molar-refractivity contribution is 5.97. The zero-order chi connectivity index (χ0) is 16.2. The van der Waals surface area contributed by atoms with Crippen molar-refractivity contribution < 1.29 is 9.59 Å². The van der Waals surface area contributed by atoms with Crippen LogP contribution in [0.4, 0.5) is 5.69 Å². The Morgan fingerprint density at radius 3 is 2.78 bits per heavy atom. The summed E-state index contributed by atoms with van der Waals surface area (Å²) in [6, 6.07) is 8.91. The zero-order valence-electron chi connectivity index (χ0n) is 13.1. The first-order valence-corrected chi connectivity index (χ1v) is 7.78. The average Bonchev–Trinajstić information content (AvgIpc) is 3.17. The summed E-state index contributed by atoms with van der Waals surface area (Å²) in [5, 5.41) is 7.01. The molecule has 1 aliphatic rings. The summed E-state index contributed by atoms with van der Waals surface area (Å²) in [5.74, 6) is -0.197. The van der Waals surface area contributed by atoms with Gasteiger partial charge in [0.2, 0.25) is 11.8 Å². The fourth-order valence-electron chi connectivity index (χ4n) is 2.87. The summed E-state index contributed by atoms with van der Waals surface area (Å²) in [6.07, 6.45) is 5.09. The van der Waals surface area contributed by atoms with Crippen LogP contribution in [0.2, 0.25) is 0 Å². The van der Waals surface area contributed by atoms with Crippen LogP contribution in [0.5, 0.6) is 0 Å². The van der Waals surface area contributed by atoms with Crippen LogP contribution in [-0.4, -0.2) is 39.1 Å². The second-order valence-corrected chi connectivity index (χ2v) is 5.82. The van der Waals surface area contributed by atoms with E-state index in [4.69, 9.17) is 0 Å². The number of anilines is 1. The molecule has 1 aromatic heterocycles. The molecule has 120 valence electrons. The van der Waals surface area contributed by atoms with Gasteiger partial charge in [0.15, 0.2) is 0 Å². The molecule has 0 aliphatic carbocycles. The van der Waals surface area contributed by atoms with Crippen molar-refractivity contribution in [3.63, 3.8) is 0 Å². The predicted molar refractivity (Wildman–Crippen MR) is 86.8 cm³/mol. The van der Waals surface area contributed by atoms with Crippen molar-refractivity contribution in [2.24, 2.45) is 0 Å². The van der Waals surface area contributed by atoms with Crippen molar-refractivity contribution in [3.8, 4) is 0 Å². The van der Waals surface area contributed by atoms with Crippen LogP contribution in [0.3, 0.4) is 0 Å². The molecule has 2 heterocycles. The van der Waals surface area contributed by atoms with Crippen LogP contribution < -0.4 is 5.32 Å². The number of carbonyl (C=O) groups is 2. The number of amides is 2. The monoisotopic (exact) mass is 312 g/mol. The highest BCUT2D eigenvalue weighted by Crippen LogP contribution is 2.20. The number of para-hydroxylation sites is 1. The molecule has 1 aromatic carbocycles. The van der Waals surface area contributed by atoms with E-state index in [0.717, 1.165) is 17.7 Å². The smallest absolute Gasteiger partial charge is 0.247 e. The van der Waals surface area contributed by atoms with Gasteiger partial charge in [0.25, 0.3) is 0 Å². The highest BCUT2D eigenvalue weighted by Gasteiger charge is 2.34. The first-order valence-electron chi connectivity index (χ1n) is 7.78. The first kappa shape index (κ1) is 15.3. The summed E-state index contributed by atoms with van der Waals surface area (Å²) in [5.41, 5.74) is 1.76. The Bertz CT molecular complexity index is 696. The zero-order valence-corrected chi connectivity index (χ0v) is 13.1. The summed E-state index contributed by atoms with van der Waals surface area (Å²) in [4.78, 5) is 26.6. The topological polar surface area (TPSA) is 67.2 Å². The van der Waals surface area contributed by atoms with Gasteiger partial charge in [-0.2, -0.15) is 5.10 Å². The van der Waals surface area contributed by atoms with E-state index in [1.165, 1.54) is 0 Å². The van der Waals surface area contributed by atoms with Gasteiger partial charge in [-0.15, -0.1) is 0 Å². The number of hydrogen-bond acceptors (Lipinski definition) is 3. The van der Waals surface area contributed by atoms with Gasteiger partial charge in [-0.3, -0.25) is 14.3 Å². The SMILES string of the molecule is Cc1cnn(CC(=O)N2CCC[C@H]2C(=O)Nc2ccccc2)c1. The first-order chi connectivity index (χ1) is 11.1. The van der Waals surface area contributed by atoms with Crippen LogP contribution in [0.25, 0.3) is 0 Å². The molecule has 1 fully saturated rings. The van der Waals surface area contributed by atoms with Crippen LogP contribution in [-0.2, 0) is 16.1 Å². The molecular weight excluding hydrogens is 292 g/mol. The maximum absolute atomic E-state index is 12.5. The van der Waals surface area contributed by atoms with Crippen molar-refractivity contribution in [1.29, 1.82) is 0 Å². The van der Waals surface area contributed by atoms with Crippen LogP contribution in [0.1, 0.15) is 18.4 Å². The lowest BCUT2D eigenvalue weighted by atomic mass is 10.2. The average molecular weight is 312 g/mol. The summed E-state index contributed by atoms with van der Waals surface area (Å²) in [7, 11) is 0. The van der Waals surface area contributed by atoms with Gasteiger partial charge < -0.3 is 10.2 Å². The van der Waals surface area contributed by atoms with Crippen molar-refractivity contribution in [3.05, 3.63) is 48.3 Å². The molecule has 1 atom stereocenters. The van der Waals surface area contributed by atoms with Gasteiger partial charge >= 0.3 is 0 Å². The number of likely N-dealkylation sites (tertiary alicyclic amines) is 1. The van der Waals surface area contributed by atoms with E-state index in [1.807, 2.05) is 43.5 Å². The van der Waals surface area contributed by atoms with Crippen molar-refractivity contribution in [2.75, 3.05) is 11.9 Å². The van der Waals surface area contributed by atoms with Gasteiger partial charge in [0, 0.05) is 18.4 Å². The molecule has 1 N–H and O–H groups in total. The molecule has 6 nitrogen and oxygen atoms in total. The van der Waals surface area contributed by atoms with Gasteiger partial charge in [-0.1, -0.05) is 18.2 Å². The van der Waals surface area contributed by atoms with E-state index >= 15 is 0 Å². The van der Waals surface area contributed by atoms with E-state index in [1.54, 1.807) is 15.8 Å². The lowest BCUT2D eigenvalue weighted by molar-refractivity contribution is -0.137. The summed E-state index contributed by atoms with van der Waals surface area (Å²) >= 11 is 0. The molecule has 2 aromatic rings. The molecule has 0 radical (unpaired) electrons. The van der Waals surface area contributed by atoms with Crippen LogP contribution in [0.15, 0.2) is 42.7 Å². The Morgan fingerprint density at radius 1 is 1.30 bits per heavy atom. The molecule has 0 unspecified atom stereocenters. The molecule has 6 heteroatoms. The minimum Gasteiger partial charge on any atom is -0.329 e. The van der Waals surface area contributed by atoms with E-state index in [9.17, 15) is 9.59 Å². The lowest BCUT2D eigenvalue weighted by Gasteiger charge is -2.24. The Balaban J connectivity index is 1.64. The minimum absolute atomic E-state index is 0.0705. The standard InChI is InChI=1S/C17H20N4O2/c1-13-10-18-20(11-13)12-16(22)21-9-5-8-15(21)17(23)19-14-6-3-2-4-7-14/h2-4,6-7,10-11,15H,5,8-9,12H2,1H3,(H,19,23)/t15-/m0/s1. The Hall–Kier alpha value is -2.63. The second-order valence-electron chi connectivity index (χ2n) is 5.82. The maximum atomic E-state index is 12.5. The number of aryl methyl sites for hydroxylation is 1.